The third kappa shape index (κ3) is 1.76. The van der Waals surface area contributed by atoms with Gasteiger partial charge in [0.25, 0.3) is 0 Å². The summed E-state index contributed by atoms with van der Waals surface area (Å²) in [7, 11) is 0. The van der Waals surface area contributed by atoms with Crippen molar-refractivity contribution in [3.63, 3.8) is 0 Å². The lowest BCUT2D eigenvalue weighted by Gasteiger charge is -2.20. The standard InChI is InChI=1S/C14H24O2/c1-5-16-13(15)6-11-7-14(9(2)3)8-12(14)10(11)4/h9-12H,5-8H2,1-4H3. The smallest absolute Gasteiger partial charge is 0.306 e. The summed E-state index contributed by atoms with van der Waals surface area (Å²) in [5, 5.41) is 0. The molecule has 2 fully saturated rings. The number of ether oxygens (including phenoxy) is 1. The molecule has 0 heterocycles. The van der Waals surface area contributed by atoms with E-state index in [2.05, 4.69) is 20.8 Å². The lowest BCUT2D eigenvalue weighted by molar-refractivity contribution is -0.144. The molecule has 0 aromatic heterocycles. The largest absolute Gasteiger partial charge is 0.466 e. The third-order valence-corrected chi connectivity index (χ3v) is 5.08. The number of esters is 1. The van der Waals surface area contributed by atoms with Crippen molar-refractivity contribution < 1.29 is 9.53 Å². The first-order valence-electron chi connectivity index (χ1n) is 6.67. The molecule has 2 heteroatoms. The summed E-state index contributed by atoms with van der Waals surface area (Å²) in [5.41, 5.74) is 0.580. The quantitative estimate of drug-likeness (QED) is 0.685. The van der Waals surface area contributed by atoms with Gasteiger partial charge in [-0.25, -0.2) is 0 Å². The number of hydrogen-bond acceptors (Lipinski definition) is 2. The van der Waals surface area contributed by atoms with Crippen LogP contribution in [-0.4, -0.2) is 12.6 Å². The maximum absolute atomic E-state index is 11.5. The Morgan fingerprint density at radius 2 is 2.12 bits per heavy atom. The second kappa shape index (κ2) is 4.05. The molecule has 0 aliphatic heterocycles. The Hall–Kier alpha value is -0.530. The Morgan fingerprint density at radius 3 is 2.62 bits per heavy atom. The van der Waals surface area contributed by atoms with E-state index in [1.807, 2.05) is 6.92 Å². The Bertz CT molecular complexity index is 284. The fourth-order valence-corrected chi connectivity index (χ4v) is 3.89. The predicted octanol–water partition coefficient (Wildman–Crippen LogP) is 3.26. The maximum Gasteiger partial charge on any atom is 0.306 e. The first-order valence-corrected chi connectivity index (χ1v) is 6.67. The van der Waals surface area contributed by atoms with Crippen LogP contribution in [0.25, 0.3) is 0 Å². The number of carbonyl (C=O) groups is 1. The van der Waals surface area contributed by atoms with Crippen molar-refractivity contribution in [1.29, 1.82) is 0 Å². The van der Waals surface area contributed by atoms with Crippen molar-refractivity contribution in [3.05, 3.63) is 0 Å². The molecular formula is C14H24O2. The highest BCUT2D eigenvalue weighted by Gasteiger charge is 2.64. The minimum atomic E-state index is -0.000411. The lowest BCUT2D eigenvalue weighted by Crippen LogP contribution is -2.17. The van der Waals surface area contributed by atoms with Gasteiger partial charge in [-0.2, -0.15) is 0 Å². The summed E-state index contributed by atoms with van der Waals surface area (Å²) in [5.74, 6) is 2.94. The zero-order valence-corrected chi connectivity index (χ0v) is 11.0. The average Bonchev–Trinajstić information content (AvgIpc) is 2.86. The molecule has 2 aliphatic carbocycles. The van der Waals surface area contributed by atoms with Crippen molar-refractivity contribution in [2.45, 2.75) is 47.0 Å². The SMILES string of the molecule is CCOC(=O)CC1CC2(C(C)C)CC2C1C. The fraction of sp³-hybridized carbons (Fsp3) is 0.929. The van der Waals surface area contributed by atoms with Gasteiger partial charge < -0.3 is 4.74 Å². The van der Waals surface area contributed by atoms with Gasteiger partial charge in [0.1, 0.15) is 0 Å². The van der Waals surface area contributed by atoms with Gasteiger partial charge in [0.2, 0.25) is 0 Å². The molecule has 0 aromatic carbocycles. The van der Waals surface area contributed by atoms with Crippen molar-refractivity contribution >= 4 is 5.97 Å². The van der Waals surface area contributed by atoms with E-state index < -0.39 is 0 Å². The van der Waals surface area contributed by atoms with Gasteiger partial charge in [0.15, 0.2) is 0 Å². The van der Waals surface area contributed by atoms with Gasteiger partial charge in [-0.1, -0.05) is 20.8 Å². The van der Waals surface area contributed by atoms with Crippen LogP contribution >= 0.6 is 0 Å². The van der Waals surface area contributed by atoms with Crippen LogP contribution in [0.3, 0.4) is 0 Å². The minimum absolute atomic E-state index is 0.000411. The maximum atomic E-state index is 11.5. The van der Waals surface area contributed by atoms with Crippen LogP contribution < -0.4 is 0 Å². The van der Waals surface area contributed by atoms with Crippen LogP contribution in [0.5, 0.6) is 0 Å². The van der Waals surface area contributed by atoms with Gasteiger partial charge in [0, 0.05) is 6.42 Å². The van der Waals surface area contributed by atoms with Crippen LogP contribution in [0.15, 0.2) is 0 Å². The molecule has 0 amide bonds. The summed E-state index contributed by atoms with van der Waals surface area (Å²) in [6.45, 7) is 9.38. The van der Waals surface area contributed by atoms with Crippen LogP contribution in [0, 0.1) is 29.1 Å². The molecule has 2 rings (SSSR count). The molecule has 0 spiro atoms. The summed E-state index contributed by atoms with van der Waals surface area (Å²) < 4.78 is 5.06. The first kappa shape index (κ1) is 11.9. The summed E-state index contributed by atoms with van der Waals surface area (Å²) in [6.07, 6.45) is 3.28. The monoisotopic (exact) mass is 224 g/mol. The summed E-state index contributed by atoms with van der Waals surface area (Å²) in [6, 6.07) is 0. The summed E-state index contributed by atoms with van der Waals surface area (Å²) >= 11 is 0. The van der Waals surface area contributed by atoms with Gasteiger partial charge in [-0.05, 0) is 48.9 Å². The van der Waals surface area contributed by atoms with Crippen molar-refractivity contribution in [2.75, 3.05) is 6.61 Å². The Balaban J connectivity index is 1.93. The van der Waals surface area contributed by atoms with Crippen molar-refractivity contribution in [2.24, 2.45) is 29.1 Å². The fourth-order valence-electron chi connectivity index (χ4n) is 3.89. The normalized spacial score (nSPS) is 40.9. The number of rotatable bonds is 4. The van der Waals surface area contributed by atoms with E-state index in [4.69, 9.17) is 4.74 Å². The molecule has 2 aliphatic rings. The Labute approximate surface area is 98.7 Å². The van der Waals surface area contributed by atoms with Crippen LogP contribution in [0.4, 0.5) is 0 Å². The second-order valence-electron chi connectivity index (χ2n) is 6.03. The molecule has 2 saturated carbocycles. The molecule has 4 atom stereocenters. The van der Waals surface area contributed by atoms with Crippen LogP contribution in [0.1, 0.15) is 47.0 Å². The highest BCUT2D eigenvalue weighted by Crippen LogP contribution is 2.71. The molecule has 0 bridgehead atoms. The molecule has 16 heavy (non-hydrogen) atoms. The Kier molecular flexibility index (Phi) is 3.02. The van der Waals surface area contributed by atoms with Crippen molar-refractivity contribution in [1.82, 2.24) is 0 Å². The van der Waals surface area contributed by atoms with E-state index in [-0.39, 0.29) is 5.97 Å². The van der Waals surface area contributed by atoms with Crippen LogP contribution in [-0.2, 0) is 9.53 Å². The summed E-state index contributed by atoms with van der Waals surface area (Å²) in [4.78, 5) is 11.5. The van der Waals surface area contributed by atoms with Gasteiger partial charge >= 0.3 is 5.97 Å². The molecule has 0 aromatic rings. The van der Waals surface area contributed by atoms with Crippen LogP contribution in [0.2, 0.25) is 0 Å². The average molecular weight is 224 g/mol. The molecule has 92 valence electrons. The Morgan fingerprint density at radius 1 is 1.44 bits per heavy atom. The van der Waals surface area contributed by atoms with E-state index in [0.29, 0.717) is 30.3 Å². The van der Waals surface area contributed by atoms with Gasteiger partial charge in [-0.3, -0.25) is 4.79 Å². The van der Waals surface area contributed by atoms with E-state index in [1.54, 1.807) is 0 Å². The van der Waals surface area contributed by atoms with Gasteiger partial charge in [0.05, 0.1) is 6.61 Å². The van der Waals surface area contributed by atoms with E-state index in [1.165, 1.54) is 12.8 Å². The van der Waals surface area contributed by atoms with Crippen molar-refractivity contribution in [3.8, 4) is 0 Å². The molecule has 0 N–H and O–H groups in total. The molecule has 2 nitrogen and oxygen atoms in total. The lowest BCUT2D eigenvalue weighted by atomic mass is 9.85. The molecule has 0 radical (unpaired) electrons. The number of hydrogen-bond donors (Lipinski definition) is 0. The second-order valence-corrected chi connectivity index (χ2v) is 6.03. The number of carbonyl (C=O) groups excluding carboxylic acids is 1. The minimum Gasteiger partial charge on any atom is -0.466 e. The van der Waals surface area contributed by atoms with E-state index >= 15 is 0 Å². The highest BCUT2D eigenvalue weighted by molar-refractivity contribution is 5.69. The molecule has 0 saturated heterocycles. The third-order valence-electron chi connectivity index (χ3n) is 5.08. The first-order chi connectivity index (χ1) is 7.51. The number of fused-ring (bicyclic) bond motifs is 1. The highest BCUT2D eigenvalue weighted by atomic mass is 16.5. The topological polar surface area (TPSA) is 26.3 Å². The molecule has 4 unspecified atom stereocenters. The predicted molar refractivity (Wildman–Crippen MR) is 63.9 cm³/mol. The van der Waals surface area contributed by atoms with E-state index in [0.717, 1.165) is 11.8 Å². The molecular weight excluding hydrogens is 200 g/mol. The van der Waals surface area contributed by atoms with E-state index in [9.17, 15) is 4.79 Å². The zero-order valence-electron chi connectivity index (χ0n) is 11.0. The van der Waals surface area contributed by atoms with Gasteiger partial charge in [-0.15, -0.1) is 0 Å². The zero-order chi connectivity index (χ0) is 11.9.